The van der Waals surface area contributed by atoms with Crippen LogP contribution in [0.3, 0.4) is 0 Å². The first kappa shape index (κ1) is 17.2. The van der Waals surface area contributed by atoms with Crippen molar-refractivity contribution in [1.29, 1.82) is 0 Å². The van der Waals surface area contributed by atoms with Gasteiger partial charge in [-0.15, -0.1) is 10.2 Å². The Morgan fingerprint density at radius 1 is 1.07 bits per heavy atom. The molecule has 0 fully saturated rings. The molecule has 2 heterocycles. The molecule has 27 heavy (non-hydrogen) atoms. The normalized spacial score (nSPS) is 12.4. The molecule has 3 aromatic rings. The van der Waals surface area contributed by atoms with Crippen LogP contribution in [0.15, 0.2) is 54.6 Å². The Morgan fingerprint density at radius 2 is 1.93 bits per heavy atom. The van der Waals surface area contributed by atoms with Gasteiger partial charge in [-0.1, -0.05) is 47.7 Å². The number of carbonyl (C=O) groups is 1. The highest BCUT2D eigenvalue weighted by Crippen LogP contribution is 2.32. The first-order chi connectivity index (χ1) is 13.3. The molecule has 136 valence electrons. The standard InChI is InChI=1S/C20H17N3O3S/c24-18(10-7-15-6-9-16-17(12-15)26-13-25-16)21-20-23-22-19(27-20)11-8-14-4-2-1-3-5-14/h1-7,9-10,12H,8,11,13H2,(H,21,23,24)/b10-7+. The summed E-state index contributed by atoms with van der Waals surface area (Å²) in [4.78, 5) is 12.1. The van der Waals surface area contributed by atoms with Crippen LogP contribution in [-0.2, 0) is 17.6 Å². The van der Waals surface area contributed by atoms with Gasteiger partial charge in [0.05, 0.1) is 0 Å². The second kappa shape index (κ2) is 8.01. The van der Waals surface area contributed by atoms with E-state index in [-0.39, 0.29) is 12.7 Å². The fourth-order valence-electron chi connectivity index (χ4n) is 2.64. The molecule has 1 aliphatic rings. The average molecular weight is 379 g/mol. The number of ether oxygens (including phenoxy) is 2. The molecule has 1 N–H and O–H groups in total. The van der Waals surface area contributed by atoms with E-state index in [2.05, 4.69) is 27.6 Å². The summed E-state index contributed by atoms with van der Waals surface area (Å²) in [5, 5.41) is 12.3. The van der Waals surface area contributed by atoms with Crippen LogP contribution < -0.4 is 14.8 Å². The topological polar surface area (TPSA) is 73.3 Å². The molecule has 0 atom stereocenters. The number of benzene rings is 2. The van der Waals surface area contributed by atoms with Gasteiger partial charge in [0.25, 0.3) is 0 Å². The lowest BCUT2D eigenvalue weighted by Gasteiger charge is -1.98. The van der Waals surface area contributed by atoms with Gasteiger partial charge < -0.3 is 9.47 Å². The van der Waals surface area contributed by atoms with Crippen molar-refractivity contribution in [2.45, 2.75) is 12.8 Å². The molecule has 2 aromatic carbocycles. The Morgan fingerprint density at radius 3 is 2.81 bits per heavy atom. The molecular formula is C20H17N3O3S. The number of aryl methyl sites for hydroxylation is 2. The molecule has 0 bridgehead atoms. The van der Waals surface area contributed by atoms with Crippen molar-refractivity contribution in [1.82, 2.24) is 10.2 Å². The third-order valence-electron chi connectivity index (χ3n) is 3.99. The number of anilines is 1. The van der Waals surface area contributed by atoms with Gasteiger partial charge in [-0.2, -0.15) is 0 Å². The molecule has 7 heteroatoms. The third kappa shape index (κ3) is 4.51. The van der Waals surface area contributed by atoms with E-state index in [9.17, 15) is 4.79 Å². The Hall–Kier alpha value is -3.19. The van der Waals surface area contributed by atoms with Crippen LogP contribution in [0.5, 0.6) is 11.5 Å². The van der Waals surface area contributed by atoms with Crippen molar-refractivity contribution in [3.05, 3.63) is 70.7 Å². The van der Waals surface area contributed by atoms with Crippen LogP contribution >= 0.6 is 11.3 Å². The van der Waals surface area contributed by atoms with Crippen LogP contribution in [0.25, 0.3) is 6.08 Å². The van der Waals surface area contributed by atoms with Crippen LogP contribution in [0, 0.1) is 0 Å². The minimum atomic E-state index is -0.251. The summed E-state index contributed by atoms with van der Waals surface area (Å²) in [7, 11) is 0. The summed E-state index contributed by atoms with van der Waals surface area (Å²) in [6.45, 7) is 0.229. The van der Waals surface area contributed by atoms with Crippen molar-refractivity contribution >= 4 is 28.5 Å². The van der Waals surface area contributed by atoms with Crippen LogP contribution in [-0.4, -0.2) is 22.9 Å². The first-order valence-corrected chi connectivity index (χ1v) is 9.33. The van der Waals surface area contributed by atoms with Crippen molar-refractivity contribution in [3.8, 4) is 11.5 Å². The summed E-state index contributed by atoms with van der Waals surface area (Å²) in [5.41, 5.74) is 2.11. The van der Waals surface area contributed by atoms with E-state index in [0.717, 1.165) is 23.4 Å². The van der Waals surface area contributed by atoms with Crippen molar-refractivity contribution in [3.63, 3.8) is 0 Å². The molecule has 0 radical (unpaired) electrons. The summed E-state index contributed by atoms with van der Waals surface area (Å²) >= 11 is 1.39. The lowest BCUT2D eigenvalue weighted by molar-refractivity contribution is -0.111. The van der Waals surface area contributed by atoms with Gasteiger partial charge in [0.2, 0.25) is 17.8 Å². The number of amides is 1. The van der Waals surface area contributed by atoms with E-state index >= 15 is 0 Å². The largest absolute Gasteiger partial charge is 0.454 e. The average Bonchev–Trinajstić information content (AvgIpc) is 3.34. The van der Waals surface area contributed by atoms with Crippen molar-refractivity contribution < 1.29 is 14.3 Å². The highest BCUT2D eigenvalue weighted by molar-refractivity contribution is 7.15. The minimum Gasteiger partial charge on any atom is -0.454 e. The minimum absolute atomic E-state index is 0.229. The highest BCUT2D eigenvalue weighted by atomic mass is 32.1. The number of hydrogen-bond acceptors (Lipinski definition) is 6. The zero-order valence-electron chi connectivity index (χ0n) is 14.4. The molecule has 6 nitrogen and oxygen atoms in total. The molecular weight excluding hydrogens is 362 g/mol. The van der Waals surface area contributed by atoms with Gasteiger partial charge in [0, 0.05) is 12.5 Å². The third-order valence-corrected chi connectivity index (χ3v) is 4.89. The molecule has 1 amide bonds. The number of fused-ring (bicyclic) bond motifs is 1. The summed E-state index contributed by atoms with van der Waals surface area (Å²) in [6.07, 6.45) is 4.87. The van der Waals surface area contributed by atoms with Crippen molar-refractivity contribution in [2.75, 3.05) is 12.1 Å². The zero-order chi connectivity index (χ0) is 18.5. The summed E-state index contributed by atoms with van der Waals surface area (Å²) in [6, 6.07) is 15.7. The predicted octanol–water partition coefficient (Wildman–Crippen LogP) is 3.70. The Labute approximate surface area is 160 Å². The molecule has 0 spiro atoms. The maximum absolute atomic E-state index is 12.1. The molecule has 1 aliphatic heterocycles. The fourth-order valence-corrected chi connectivity index (χ4v) is 3.38. The zero-order valence-corrected chi connectivity index (χ0v) is 15.2. The van der Waals surface area contributed by atoms with E-state index in [1.165, 1.54) is 23.0 Å². The van der Waals surface area contributed by atoms with Gasteiger partial charge in [-0.05, 0) is 35.8 Å². The number of carbonyl (C=O) groups excluding carboxylic acids is 1. The summed E-state index contributed by atoms with van der Waals surface area (Å²) in [5.74, 6) is 1.15. The Kier molecular flexibility index (Phi) is 5.11. The molecule has 4 rings (SSSR count). The molecule has 0 aliphatic carbocycles. The second-order valence-electron chi connectivity index (χ2n) is 5.92. The van der Waals surface area contributed by atoms with Gasteiger partial charge in [-0.25, -0.2) is 0 Å². The second-order valence-corrected chi connectivity index (χ2v) is 6.98. The highest BCUT2D eigenvalue weighted by Gasteiger charge is 2.12. The van der Waals surface area contributed by atoms with E-state index in [1.807, 2.05) is 36.4 Å². The van der Waals surface area contributed by atoms with Gasteiger partial charge in [0.1, 0.15) is 5.01 Å². The fraction of sp³-hybridized carbons (Fsp3) is 0.150. The Bertz CT molecular complexity index is 970. The maximum Gasteiger partial charge on any atom is 0.250 e. The number of aromatic nitrogens is 2. The molecule has 0 saturated heterocycles. The number of rotatable bonds is 6. The lowest BCUT2D eigenvalue weighted by atomic mass is 10.1. The number of hydrogen-bond donors (Lipinski definition) is 1. The van der Waals surface area contributed by atoms with E-state index in [1.54, 1.807) is 6.08 Å². The molecule has 0 saturated carbocycles. The summed E-state index contributed by atoms with van der Waals surface area (Å²) < 4.78 is 10.6. The number of nitrogens with one attached hydrogen (secondary N) is 1. The maximum atomic E-state index is 12.1. The van der Waals surface area contributed by atoms with E-state index < -0.39 is 0 Å². The monoisotopic (exact) mass is 379 g/mol. The molecule has 1 aromatic heterocycles. The smallest absolute Gasteiger partial charge is 0.250 e. The Balaban J connectivity index is 1.31. The van der Waals surface area contributed by atoms with Gasteiger partial charge in [0.15, 0.2) is 11.5 Å². The van der Waals surface area contributed by atoms with E-state index in [4.69, 9.17) is 9.47 Å². The van der Waals surface area contributed by atoms with Gasteiger partial charge >= 0.3 is 0 Å². The van der Waals surface area contributed by atoms with Crippen molar-refractivity contribution in [2.24, 2.45) is 0 Å². The van der Waals surface area contributed by atoms with Crippen LogP contribution in [0.4, 0.5) is 5.13 Å². The SMILES string of the molecule is O=C(/C=C/c1ccc2c(c1)OCO2)Nc1nnc(CCc2ccccc2)s1. The predicted molar refractivity (Wildman–Crippen MR) is 104 cm³/mol. The van der Waals surface area contributed by atoms with Gasteiger partial charge in [-0.3, -0.25) is 10.1 Å². The quantitative estimate of drug-likeness (QED) is 0.661. The lowest BCUT2D eigenvalue weighted by Crippen LogP contribution is -2.07. The number of nitrogens with zero attached hydrogens (tertiary/aromatic N) is 2. The first-order valence-electron chi connectivity index (χ1n) is 8.51. The molecule has 0 unspecified atom stereocenters. The van der Waals surface area contributed by atoms with Crippen LogP contribution in [0.1, 0.15) is 16.1 Å². The van der Waals surface area contributed by atoms with Crippen LogP contribution in [0.2, 0.25) is 0 Å². The van der Waals surface area contributed by atoms with E-state index in [0.29, 0.717) is 16.6 Å².